The molecule has 168 valence electrons. The summed E-state index contributed by atoms with van der Waals surface area (Å²) in [6.45, 7) is 0.397. The molecule has 0 aliphatic heterocycles. The van der Waals surface area contributed by atoms with Gasteiger partial charge in [0.05, 0.1) is 9.77 Å². The lowest BCUT2D eigenvalue weighted by Crippen LogP contribution is -2.11. The van der Waals surface area contributed by atoms with Gasteiger partial charge in [-0.05, 0) is 42.0 Å². The first-order valence-electron chi connectivity index (χ1n) is 9.82. The smallest absolute Gasteiger partial charge is 0.265 e. The molecule has 2 aromatic carbocycles. The number of aromatic nitrogens is 1. The summed E-state index contributed by atoms with van der Waals surface area (Å²) < 4.78 is 29.7. The summed E-state index contributed by atoms with van der Waals surface area (Å²) in [6.07, 6.45) is 2.75. The van der Waals surface area contributed by atoms with E-state index >= 15 is 0 Å². The second kappa shape index (κ2) is 9.74. The number of carbonyl (C=O) groups excluding carboxylic acids is 1. The van der Waals surface area contributed by atoms with Crippen LogP contribution in [0.15, 0.2) is 83.2 Å². The maximum Gasteiger partial charge on any atom is 0.265 e. The van der Waals surface area contributed by atoms with Crippen LogP contribution in [0.2, 0.25) is 5.02 Å². The van der Waals surface area contributed by atoms with Crippen molar-refractivity contribution in [1.82, 2.24) is 4.98 Å². The first-order valence-corrected chi connectivity index (χ1v) is 13.0. The molecular weight excluding hydrogens is 480 g/mol. The number of nitrogens with zero attached hydrogens (tertiary/aromatic N) is 1. The van der Waals surface area contributed by atoms with Crippen molar-refractivity contribution in [3.05, 3.63) is 93.8 Å². The number of halogens is 1. The van der Waals surface area contributed by atoms with Gasteiger partial charge < -0.3 is 10.1 Å². The Bertz CT molecular complexity index is 1400. The van der Waals surface area contributed by atoms with Crippen LogP contribution in [0.5, 0.6) is 5.75 Å². The van der Waals surface area contributed by atoms with E-state index in [4.69, 9.17) is 16.3 Å². The number of hydrogen-bond donors (Lipinski definition) is 1. The van der Waals surface area contributed by atoms with Crippen LogP contribution in [0.1, 0.15) is 15.2 Å². The fourth-order valence-electron chi connectivity index (χ4n) is 3.08. The highest BCUT2D eigenvalue weighted by Gasteiger charge is 2.16. The van der Waals surface area contributed by atoms with Crippen LogP contribution in [0.25, 0.3) is 11.3 Å². The lowest BCUT2D eigenvalue weighted by Gasteiger charge is -2.10. The molecule has 1 N–H and O–H groups in total. The lowest BCUT2D eigenvalue weighted by atomic mass is 10.2. The summed E-state index contributed by atoms with van der Waals surface area (Å²) in [5.41, 5.74) is 2.71. The van der Waals surface area contributed by atoms with Crippen molar-refractivity contribution in [3.63, 3.8) is 0 Å². The minimum Gasteiger partial charge on any atom is -0.487 e. The highest BCUT2D eigenvalue weighted by atomic mass is 35.5. The summed E-state index contributed by atoms with van der Waals surface area (Å²) in [5, 5.41) is 4.75. The average Bonchev–Trinajstić information content (AvgIpc) is 3.28. The predicted molar refractivity (Wildman–Crippen MR) is 131 cm³/mol. The Kier molecular flexibility index (Phi) is 6.78. The minimum absolute atomic E-state index is 0.0332. The van der Waals surface area contributed by atoms with Crippen molar-refractivity contribution in [2.75, 3.05) is 11.6 Å². The standard InChI is InChI=1S/C24H19ClN2O4S2/c1-33(29,30)20-12-18(25)11-19(13-20)27-24(28)22-10-17(15-32-22)23-21(8-5-9-26-23)31-14-16-6-3-2-4-7-16/h2-13,15H,14H2,1H3,(H,27,28). The molecule has 9 heteroatoms. The number of benzene rings is 2. The van der Waals surface area contributed by atoms with Gasteiger partial charge in [0.1, 0.15) is 18.1 Å². The van der Waals surface area contributed by atoms with Crippen molar-refractivity contribution in [2.24, 2.45) is 0 Å². The van der Waals surface area contributed by atoms with Gasteiger partial charge in [-0.3, -0.25) is 9.78 Å². The molecule has 1 amide bonds. The van der Waals surface area contributed by atoms with E-state index in [0.29, 0.717) is 28.6 Å². The molecule has 0 aliphatic rings. The zero-order valence-corrected chi connectivity index (χ0v) is 19.9. The second-order valence-corrected chi connectivity index (χ2v) is 10.6. The first kappa shape index (κ1) is 23.0. The molecule has 0 saturated heterocycles. The number of pyridine rings is 1. The van der Waals surface area contributed by atoms with E-state index in [1.54, 1.807) is 18.3 Å². The zero-order chi connectivity index (χ0) is 23.4. The topological polar surface area (TPSA) is 85.4 Å². The maximum atomic E-state index is 12.8. The molecule has 0 saturated carbocycles. The van der Waals surface area contributed by atoms with E-state index in [9.17, 15) is 13.2 Å². The third-order valence-corrected chi connectivity index (χ3v) is 6.90. The second-order valence-electron chi connectivity index (χ2n) is 7.23. The molecule has 2 aromatic heterocycles. The Hall–Kier alpha value is -3.20. The van der Waals surface area contributed by atoms with Crippen LogP contribution < -0.4 is 10.1 Å². The van der Waals surface area contributed by atoms with E-state index < -0.39 is 9.84 Å². The third kappa shape index (κ3) is 5.78. The number of amides is 1. The fourth-order valence-corrected chi connectivity index (χ4v) is 4.85. The molecule has 6 nitrogen and oxygen atoms in total. The summed E-state index contributed by atoms with van der Waals surface area (Å²) in [4.78, 5) is 17.7. The van der Waals surface area contributed by atoms with Crippen LogP contribution in [0.4, 0.5) is 5.69 Å². The van der Waals surface area contributed by atoms with E-state index in [1.807, 2.05) is 41.8 Å². The molecule has 4 aromatic rings. The van der Waals surface area contributed by atoms with Gasteiger partial charge in [-0.2, -0.15) is 0 Å². The molecule has 0 bridgehead atoms. The molecule has 4 rings (SSSR count). The number of ether oxygens (including phenoxy) is 1. The minimum atomic E-state index is -3.47. The first-order chi connectivity index (χ1) is 15.8. The van der Waals surface area contributed by atoms with E-state index in [0.717, 1.165) is 17.4 Å². The molecule has 0 radical (unpaired) electrons. The van der Waals surface area contributed by atoms with Gasteiger partial charge in [0.25, 0.3) is 5.91 Å². The maximum absolute atomic E-state index is 12.8. The summed E-state index contributed by atoms with van der Waals surface area (Å²) >= 11 is 7.28. The quantitative estimate of drug-likeness (QED) is 0.353. The van der Waals surface area contributed by atoms with Crippen molar-refractivity contribution in [3.8, 4) is 17.0 Å². The number of carbonyl (C=O) groups is 1. The summed E-state index contributed by atoms with van der Waals surface area (Å²) in [6, 6.07) is 19.4. The van der Waals surface area contributed by atoms with Crippen LogP contribution in [0.3, 0.4) is 0 Å². The molecule has 0 fully saturated rings. The van der Waals surface area contributed by atoms with Gasteiger partial charge in [0, 0.05) is 34.1 Å². The number of sulfone groups is 1. The van der Waals surface area contributed by atoms with Gasteiger partial charge in [-0.1, -0.05) is 41.9 Å². The van der Waals surface area contributed by atoms with Crippen molar-refractivity contribution in [1.29, 1.82) is 0 Å². The average molecular weight is 499 g/mol. The Balaban J connectivity index is 1.53. The molecule has 0 atom stereocenters. The van der Waals surface area contributed by atoms with Crippen LogP contribution >= 0.6 is 22.9 Å². The SMILES string of the molecule is CS(=O)(=O)c1cc(Cl)cc(NC(=O)c2cc(-c3ncccc3OCc3ccccc3)cs2)c1. The molecule has 0 spiro atoms. The molecule has 33 heavy (non-hydrogen) atoms. The molecule has 2 heterocycles. The Morgan fingerprint density at radius 3 is 2.64 bits per heavy atom. The monoisotopic (exact) mass is 498 g/mol. The highest BCUT2D eigenvalue weighted by molar-refractivity contribution is 7.90. The van der Waals surface area contributed by atoms with Crippen LogP contribution in [-0.4, -0.2) is 25.6 Å². The molecule has 0 unspecified atom stereocenters. The van der Waals surface area contributed by atoms with Gasteiger partial charge in [0.2, 0.25) is 0 Å². The van der Waals surface area contributed by atoms with Crippen molar-refractivity contribution in [2.45, 2.75) is 11.5 Å². The molecule has 0 aliphatic carbocycles. The van der Waals surface area contributed by atoms with Gasteiger partial charge >= 0.3 is 0 Å². The number of hydrogen-bond acceptors (Lipinski definition) is 6. The zero-order valence-electron chi connectivity index (χ0n) is 17.5. The van der Waals surface area contributed by atoms with Gasteiger partial charge in [-0.15, -0.1) is 11.3 Å². The van der Waals surface area contributed by atoms with Gasteiger partial charge in [0.15, 0.2) is 9.84 Å². The Labute approximate surface area is 200 Å². The van der Waals surface area contributed by atoms with E-state index in [2.05, 4.69) is 10.3 Å². The molecular formula is C24H19ClN2O4S2. The number of anilines is 1. The fraction of sp³-hybridized carbons (Fsp3) is 0.0833. The summed E-state index contributed by atoms with van der Waals surface area (Å²) in [7, 11) is -3.47. The van der Waals surface area contributed by atoms with E-state index in [-0.39, 0.29) is 15.8 Å². The number of nitrogens with one attached hydrogen (secondary N) is 1. The largest absolute Gasteiger partial charge is 0.487 e. The predicted octanol–water partition coefficient (Wildman–Crippen LogP) is 5.70. The Morgan fingerprint density at radius 1 is 1.09 bits per heavy atom. The van der Waals surface area contributed by atoms with Crippen molar-refractivity contribution >= 4 is 44.4 Å². The highest BCUT2D eigenvalue weighted by Crippen LogP contribution is 2.32. The van der Waals surface area contributed by atoms with Crippen molar-refractivity contribution < 1.29 is 17.9 Å². The van der Waals surface area contributed by atoms with Crippen LogP contribution in [0, 0.1) is 0 Å². The Morgan fingerprint density at radius 2 is 1.88 bits per heavy atom. The number of thiophene rings is 1. The third-order valence-electron chi connectivity index (χ3n) is 4.66. The normalized spacial score (nSPS) is 11.2. The number of rotatable bonds is 7. The van der Waals surface area contributed by atoms with E-state index in [1.165, 1.54) is 29.5 Å². The van der Waals surface area contributed by atoms with Crippen LogP contribution in [-0.2, 0) is 16.4 Å². The van der Waals surface area contributed by atoms with Gasteiger partial charge in [-0.25, -0.2) is 8.42 Å². The summed E-state index contributed by atoms with van der Waals surface area (Å²) in [5.74, 6) is 0.231. The lowest BCUT2D eigenvalue weighted by molar-refractivity contribution is 0.103.